The number of hydrogen-bond donors (Lipinski definition) is 0. The fourth-order valence-electron chi connectivity index (χ4n) is 3.93. The van der Waals surface area contributed by atoms with Crippen LogP contribution in [0, 0.1) is 5.92 Å². The lowest BCUT2D eigenvalue weighted by Gasteiger charge is -2.18. The van der Waals surface area contributed by atoms with Gasteiger partial charge < -0.3 is 0 Å². The van der Waals surface area contributed by atoms with Crippen molar-refractivity contribution in [1.29, 1.82) is 0 Å². The summed E-state index contributed by atoms with van der Waals surface area (Å²) >= 11 is 0. The molecule has 0 radical (unpaired) electrons. The molecular formula is C23H24. The lowest BCUT2D eigenvalue weighted by Crippen LogP contribution is -2.03. The molecule has 0 aromatic heterocycles. The lowest BCUT2D eigenvalue weighted by atomic mass is 9.87. The smallest absolute Gasteiger partial charge is 0.00528 e. The van der Waals surface area contributed by atoms with Crippen molar-refractivity contribution < 1.29 is 0 Å². The average Bonchev–Trinajstić information content (AvgIpc) is 2.93. The third kappa shape index (κ3) is 2.91. The molecule has 1 fully saturated rings. The Morgan fingerprint density at radius 2 is 1.83 bits per heavy atom. The third-order valence-electron chi connectivity index (χ3n) is 5.27. The molecule has 116 valence electrons. The SMILES string of the molecule is C=C1C2=CCCC=C2C/C1=C\C1=CCC(C2=CCCC=C2)C=C1. The van der Waals surface area contributed by atoms with E-state index in [-0.39, 0.29) is 0 Å². The van der Waals surface area contributed by atoms with Gasteiger partial charge in [0.1, 0.15) is 0 Å². The van der Waals surface area contributed by atoms with Gasteiger partial charge in [0, 0.05) is 5.92 Å². The van der Waals surface area contributed by atoms with Crippen molar-refractivity contribution in [3.63, 3.8) is 0 Å². The topological polar surface area (TPSA) is 0 Å². The fourth-order valence-corrected chi connectivity index (χ4v) is 3.93. The molecule has 4 aliphatic rings. The Hall–Kier alpha value is -2.08. The zero-order valence-corrected chi connectivity index (χ0v) is 13.7. The first-order valence-electron chi connectivity index (χ1n) is 8.86. The molecule has 0 N–H and O–H groups in total. The summed E-state index contributed by atoms with van der Waals surface area (Å²) < 4.78 is 0. The van der Waals surface area contributed by atoms with Gasteiger partial charge in [0.05, 0.1) is 0 Å². The Labute approximate surface area is 139 Å². The second-order valence-electron chi connectivity index (χ2n) is 6.84. The van der Waals surface area contributed by atoms with E-state index >= 15 is 0 Å². The molecule has 4 rings (SSSR count). The van der Waals surface area contributed by atoms with E-state index in [2.05, 4.69) is 61.3 Å². The summed E-state index contributed by atoms with van der Waals surface area (Å²) in [5.74, 6) is 0.563. The predicted octanol–water partition coefficient (Wildman–Crippen LogP) is 6.30. The molecule has 0 heterocycles. The van der Waals surface area contributed by atoms with Crippen LogP contribution in [0.1, 0.15) is 38.5 Å². The van der Waals surface area contributed by atoms with Crippen LogP contribution in [0.5, 0.6) is 0 Å². The second kappa shape index (κ2) is 6.20. The summed E-state index contributed by atoms with van der Waals surface area (Å²) in [6, 6.07) is 0. The molecule has 0 nitrogen and oxygen atoms in total. The maximum atomic E-state index is 4.33. The van der Waals surface area contributed by atoms with Crippen LogP contribution in [0.15, 0.2) is 94.7 Å². The minimum absolute atomic E-state index is 0.563. The Balaban J connectivity index is 1.49. The first kappa shape index (κ1) is 14.5. The van der Waals surface area contributed by atoms with Gasteiger partial charge in [-0.15, -0.1) is 0 Å². The lowest BCUT2D eigenvalue weighted by molar-refractivity contribution is 0.767. The summed E-state index contributed by atoms with van der Waals surface area (Å²) in [5, 5.41) is 0. The summed E-state index contributed by atoms with van der Waals surface area (Å²) in [6.45, 7) is 4.33. The number of fused-ring (bicyclic) bond motifs is 1. The van der Waals surface area contributed by atoms with Gasteiger partial charge >= 0.3 is 0 Å². The maximum absolute atomic E-state index is 4.33. The van der Waals surface area contributed by atoms with Gasteiger partial charge in [-0.05, 0) is 72.0 Å². The van der Waals surface area contributed by atoms with Crippen molar-refractivity contribution >= 4 is 0 Å². The molecular weight excluding hydrogens is 276 g/mol. The molecule has 0 heteroatoms. The van der Waals surface area contributed by atoms with Gasteiger partial charge in [0.15, 0.2) is 0 Å². The van der Waals surface area contributed by atoms with E-state index in [1.807, 2.05) is 0 Å². The van der Waals surface area contributed by atoms with Gasteiger partial charge in [0.25, 0.3) is 0 Å². The highest BCUT2D eigenvalue weighted by molar-refractivity contribution is 5.65. The second-order valence-corrected chi connectivity index (χ2v) is 6.84. The van der Waals surface area contributed by atoms with Gasteiger partial charge in [-0.3, -0.25) is 0 Å². The van der Waals surface area contributed by atoms with Crippen molar-refractivity contribution in [2.45, 2.75) is 38.5 Å². The van der Waals surface area contributed by atoms with E-state index in [0.717, 1.165) is 19.3 Å². The fraction of sp³-hybridized carbons (Fsp3) is 0.304. The summed E-state index contributed by atoms with van der Waals surface area (Å²) in [5.41, 5.74) is 8.36. The highest BCUT2D eigenvalue weighted by Crippen LogP contribution is 2.42. The van der Waals surface area contributed by atoms with Crippen LogP contribution < -0.4 is 0 Å². The molecule has 23 heavy (non-hydrogen) atoms. The quantitative estimate of drug-likeness (QED) is 0.561. The molecule has 0 aromatic rings. The van der Waals surface area contributed by atoms with Gasteiger partial charge in [0.2, 0.25) is 0 Å². The first-order valence-corrected chi connectivity index (χ1v) is 8.86. The zero-order chi connectivity index (χ0) is 15.6. The van der Waals surface area contributed by atoms with E-state index in [0.29, 0.717) is 5.92 Å². The monoisotopic (exact) mass is 300 g/mol. The van der Waals surface area contributed by atoms with Gasteiger partial charge in [-0.2, -0.15) is 0 Å². The van der Waals surface area contributed by atoms with Crippen LogP contribution >= 0.6 is 0 Å². The maximum Gasteiger partial charge on any atom is 0.00528 e. The Kier molecular flexibility index (Phi) is 3.91. The molecule has 0 saturated heterocycles. The molecule has 1 unspecified atom stereocenters. The van der Waals surface area contributed by atoms with Crippen LogP contribution in [-0.4, -0.2) is 0 Å². The van der Waals surface area contributed by atoms with Crippen molar-refractivity contribution in [3.8, 4) is 0 Å². The van der Waals surface area contributed by atoms with Crippen molar-refractivity contribution in [3.05, 3.63) is 94.7 Å². The standard InChI is InChI=1S/C23H24/c1-17-22(16-21-9-5-6-10-23(17)21)15-18-11-13-20(14-12-18)19-7-3-2-4-8-19/h3,7-13,15,20H,1-2,4-6,14,16H2/b22-15+. The van der Waals surface area contributed by atoms with E-state index in [9.17, 15) is 0 Å². The van der Waals surface area contributed by atoms with Crippen molar-refractivity contribution in [2.75, 3.05) is 0 Å². The molecule has 0 aliphatic heterocycles. The summed E-state index contributed by atoms with van der Waals surface area (Å²) in [7, 11) is 0. The third-order valence-corrected chi connectivity index (χ3v) is 5.27. The minimum Gasteiger partial charge on any atom is -0.0909 e. The highest BCUT2D eigenvalue weighted by Gasteiger charge is 2.24. The molecule has 0 spiro atoms. The molecule has 0 amide bonds. The van der Waals surface area contributed by atoms with Crippen LogP contribution in [0.2, 0.25) is 0 Å². The van der Waals surface area contributed by atoms with Gasteiger partial charge in [-0.25, -0.2) is 0 Å². The predicted molar refractivity (Wildman–Crippen MR) is 99.0 cm³/mol. The Bertz CT molecular complexity index is 741. The van der Waals surface area contributed by atoms with E-state index in [1.165, 1.54) is 52.7 Å². The average molecular weight is 300 g/mol. The van der Waals surface area contributed by atoms with E-state index < -0.39 is 0 Å². The summed E-state index contributed by atoms with van der Waals surface area (Å²) in [6.07, 6.45) is 28.1. The van der Waals surface area contributed by atoms with Crippen LogP contribution in [0.3, 0.4) is 0 Å². The molecule has 4 aliphatic carbocycles. The zero-order valence-electron chi connectivity index (χ0n) is 13.7. The van der Waals surface area contributed by atoms with Crippen molar-refractivity contribution in [2.24, 2.45) is 5.92 Å². The van der Waals surface area contributed by atoms with Crippen molar-refractivity contribution in [1.82, 2.24) is 0 Å². The summed E-state index contributed by atoms with van der Waals surface area (Å²) in [4.78, 5) is 0. The highest BCUT2D eigenvalue weighted by atomic mass is 14.3. The largest absolute Gasteiger partial charge is 0.0909 e. The normalized spacial score (nSPS) is 28.3. The van der Waals surface area contributed by atoms with Gasteiger partial charge in [-0.1, -0.05) is 61.3 Å². The van der Waals surface area contributed by atoms with Crippen LogP contribution in [0.4, 0.5) is 0 Å². The van der Waals surface area contributed by atoms with Crippen LogP contribution in [-0.2, 0) is 0 Å². The molecule has 1 atom stereocenters. The van der Waals surface area contributed by atoms with E-state index in [4.69, 9.17) is 0 Å². The minimum atomic E-state index is 0.563. The first-order chi connectivity index (χ1) is 11.3. The number of hydrogen-bond acceptors (Lipinski definition) is 0. The number of allylic oxidation sites excluding steroid dienone is 15. The molecule has 0 bridgehead atoms. The Morgan fingerprint density at radius 1 is 0.957 bits per heavy atom. The number of rotatable bonds is 2. The van der Waals surface area contributed by atoms with E-state index in [1.54, 1.807) is 0 Å². The molecule has 0 aromatic carbocycles. The Morgan fingerprint density at radius 3 is 2.57 bits per heavy atom. The van der Waals surface area contributed by atoms with Crippen LogP contribution in [0.25, 0.3) is 0 Å². The molecule has 1 saturated carbocycles.